The Balaban J connectivity index is 1.51. The first-order valence-electron chi connectivity index (χ1n) is 13.2. The van der Waals surface area contributed by atoms with Gasteiger partial charge < -0.3 is 0 Å². The van der Waals surface area contributed by atoms with Gasteiger partial charge in [-0.25, -0.2) is 0 Å². The van der Waals surface area contributed by atoms with Gasteiger partial charge in [0, 0.05) is 0 Å². The van der Waals surface area contributed by atoms with Crippen LogP contribution < -0.4 is 0 Å². The van der Waals surface area contributed by atoms with Gasteiger partial charge in [0.1, 0.15) is 0 Å². The second-order valence-corrected chi connectivity index (χ2v) is 12.1. The molecule has 2 aromatic heterocycles. The zero-order valence-corrected chi connectivity index (χ0v) is 22.8. The maximum atomic E-state index is 4.97. The van der Waals surface area contributed by atoms with Crippen LogP contribution >= 0.6 is 0 Å². The molecule has 0 saturated carbocycles. The summed E-state index contributed by atoms with van der Waals surface area (Å²) in [4.78, 5) is 4.97. The van der Waals surface area contributed by atoms with Gasteiger partial charge in [0.25, 0.3) is 0 Å². The van der Waals surface area contributed by atoms with Gasteiger partial charge in [-0.3, -0.25) is 0 Å². The number of benzene rings is 6. The molecule has 6 aromatic carbocycles. The molecular weight excluding hydrogens is 537 g/mol. The van der Waals surface area contributed by atoms with Crippen molar-refractivity contribution in [3.8, 4) is 33.5 Å². The molecule has 2 heterocycles. The van der Waals surface area contributed by atoms with Crippen molar-refractivity contribution in [2.75, 3.05) is 0 Å². The van der Waals surface area contributed by atoms with E-state index in [1.807, 2.05) is 6.20 Å². The summed E-state index contributed by atoms with van der Waals surface area (Å²) >= 11 is 0.241. The van der Waals surface area contributed by atoms with E-state index >= 15 is 0 Å². The number of rotatable bonds is 3. The average Bonchev–Trinajstić information content (AvgIpc) is 3.39. The van der Waals surface area contributed by atoms with Crippen LogP contribution in [0.3, 0.4) is 0 Å². The second kappa shape index (κ2) is 9.06. The van der Waals surface area contributed by atoms with Crippen molar-refractivity contribution in [3.63, 3.8) is 0 Å². The zero-order chi connectivity index (χ0) is 25.8. The Morgan fingerprint density at radius 2 is 0.974 bits per heavy atom. The maximum absolute atomic E-state index is 4.97. The summed E-state index contributed by atoms with van der Waals surface area (Å²) in [6.45, 7) is 0. The van der Waals surface area contributed by atoms with Crippen LogP contribution in [0.25, 0.3) is 74.3 Å². The molecule has 1 nitrogen and oxygen atoms in total. The third-order valence-electron chi connectivity index (χ3n) is 7.72. The molecule has 0 fully saturated rings. The van der Waals surface area contributed by atoms with Gasteiger partial charge in [0.05, 0.1) is 0 Å². The molecule has 2 heteroatoms. The van der Waals surface area contributed by atoms with Crippen LogP contribution in [0.5, 0.6) is 0 Å². The first-order chi connectivity index (χ1) is 19.4. The SMILES string of the molecule is c1ccc(-c2c3ccccc3c(-c3ccccc3)c3cc(-c4nccc5c4[se]c4ccccc45)ccc23)cc1. The summed E-state index contributed by atoms with van der Waals surface area (Å²) in [7, 11) is 0. The topological polar surface area (TPSA) is 12.9 Å². The van der Waals surface area contributed by atoms with Crippen LogP contribution in [0.15, 0.2) is 140 Å². The molecule has 0 saturated heterocycles. The van der Waals surface area contributed by atoms with Crippen LogP contribution in [-0.4, -0.2) is 19.5 Å². The van der Waals surface area contributed by atoms with Crippen molar-refractivity contribution >= 4 is 55.3 Å². The van der Waals surface area contributed by atoms with Gasteiger partial charge in [-0.05, 0) is 0 Å². The van der Waals surface area contributed by atoms with E-state index in [-0.39, 0.29) is 14.5 Å². The van der Waals surface area contributed by atoms with E-state index in [9.17, 15) is 0 Å². The molecule has 0 N–H and O–H groups in total. The van der Waals surface area contributed by atoms with E-state index < -0.39 is 0 Å². The molecule has 0 aliphatic heterocycles. The molecule has 0 unspecified atom stereocenters. The third kappa shape index (κ3) is 3.57. The van der Waals surface area contributed by atoms with E-state index in [1.54, 1.807) is 0 Å². The van der Waals surface area contributed by atoms with Gasteiger partial charge in [-0.1, -0.05) is 0 Å². The average molecular weight is 561 g/mol. The number of fused-ring (bicyclic) bond motifs is 5. The summed E-state index contributed by atoms with van der Waals surface area (Å²) in [6.07, 6.45) is 1.98. The fourth-order valence-corrected chi connectivity index (χ4v) is 8.55. The molecule has 0 amide bonds. The van der Waals surface area contributed by atoms with Crippen molar-refractivity contribution in [2.24, 2.45) is 0 Å². The first-order valence-corrected chi connectivity index (χ1v) is 14.9. The zero-order valence-electron chi connectivity index (χ0n) is 21.1. The standard InChI is InChI=1S/C37H23NSe/c1-3-11-24(12-4-1)34-28-16-7-8-17-29(28)35(25-13-5-2-6-14-25)32-23-26(19-20-30(32)34)36-37-31(21-22-38-36)27-15-9-10-18-33(27)39-37/h1-23H. The molecule has 0 bridgehead atoms. The molecular formula is C37H23NSe. The van der Waals surface area contributed by atoms with Crippen molar-refractivity contribution in [2.45, 2.75) is 0 Å². The summed E-state index contributed by atoms with van der Waals surface area (Å²) in [6, 6.07) is 48.5. The van der Waals surface area contributed by atoms with E-state index in [1.165, 1.54) is 68.7 Å². The van der Waals surface area contributed by atoms with Crippen molar-refractivity contribution in [1.29, 1.82) is 0 Å². The molecule has 0 aliphatic carbocycles. The van der Waals surface area contributed by atoms with Crippen molar-refractivity contribution in [3.05, 3.63) is 140 Å². The molecule has 0 spiro atoms. The minimum absolute atomic E-state index is 0.241. The Morgan fingerprint density at radius 3 is 1.67 bits per heavy atom. The molecule has 8 aromatic rings. The predicted molar refractivity (Wildman–Crippen MR) is 168 cm³/mol. The predicted octanol–water partition coefficient (Wildman–Crippen LogP) is 9.75. The second-order valence-electron chi connectivity index (χ2n) is 9.92. The van der Waals surface area contributed by atoms with E-state index in [0.717, 1.165) is 5.69 Å². The molecule has 39 heavy (non-hydrogen) atoms. The number of nitrogens with zero attached hydrogens (tertiary/aromatic N) is 1. The summed E-state index contributed by atoms with van der Waals surface area (Å²) in [5.41, 5.74) is 7.33. The fraction of sp³-hybridized carbons (Fsp3) is 0. The molecule has 0 radical (unpaired) electrons. The Kier molecular flexibility index (Phi) is 5.23. The normalized spacial score (nSPS) is 11.6. The van der Waals surface area contributed by atoms with Gasteiger partial charge >= 0.3 is 233 Å². The number of aromatic nitrogens is 1. The van der Waals surface area contributed by atoms with Crippen LogP contribution in [0.1, 0.15) is 0 Å². The third-order valence-corrected chi connectivity index (χ3v) is 10.2. The number of hydrogen-bond acceptors (Lipinski definition) is 1. The molecule has 0 aliphatic rings. The van der Waals surface area contributed by atoms with Gasteiger partial charge in [0.2, 0.25) is 0 Å². The minimum atomic E-state index is 0.241. The van der Waals surface area contributed by atoms with Crippen LogP contribution in [0, 0.1) is 0 Å². The quantitative estimate of drug-likeness (QED) is 0.155. The Hall–Kier alpha value is -4.49. The summed E-state index contributed by atoms with van der Waals surface area (Å²) in [5.74, 6) is 0. The summed E-state index contributed by atoms with van der Waals surface area (Å²) in [5, 5.41) is 7.78. The Labute approximate surface area is 232 Å². The van der Waals surface area contributed by atoms with Gasteiger partial charge in [-0.2, -0.15) is 0 Å². The molecule has 8 rings (SSSR count). The monoisotopic (exact) mass is 561 g/mol. The van der Waals surface area contributed by atoms with Gasteiger partial charge in [0.15, 0.2) is 0 Å². The number of pyridine rings is 1. The number of hydrogen-bond donors (Lipinski definition) is 0. The van der Waals surface area contributed by atoms with Crippen LogP contribution in [0.4, 0.5) is 0 Å². The fourth-order valence-electron chi connectivity index (χ4n) is 6.01. The van der Waals surface area contributed by atoms with E-state index in [0.29, 0.717) is 0 Å². The molecule has 0 atom stereocenters. The van der Waals surface area contributed by atoms with Crippen molar-refractivity contribution < 1.29 is 0 Å². The van der Waals surface area contributed by atoms with E-state index in [4.69, 9.17) is 4.98 Å². The van der Waals surface area contributed by atoms with Crippen LogP contribution in [-0.2, 0) is 0 Å². The van der Waals surface area contributed by atoms with Gasteiger partial charge in [-0.15, -0.1) is 0 Å². The Bertz CT molecular complexity index is 2160. The van der Waals surface area contributed by atoms with Crippen LogP contribution in [0.2, 0.25) is 0 Å². The summed E-state index contributed by atoms with van der Waals surface area (Å²) < 4.78 is 2.83. The first kappa shape index (κ1) is 22.5. The Morgan fingerprint density at radius 1 is 0.410 bits per heavy atom. The molecule has 182 valence electrons. The van der Waals surface area contributed by atoms with Crippen molar-refractivity contribution in [1.82, 2.24) is 4.98 Å². The van der Waals surface area contributed by atoms with E-state index in [2.05, 4.69) is 133 Å².